The summed E-state index contributed by atoms with van der Waals surface area (Å²) in [5.74, 6) is 0.140. The highest BCUT2D eigenvalue weighted by atomic mass is 16.2. The molecule has 190 valence electrons. The zero-order valence-electron chi connectivity index (χ0n) is 21.6. The van der Waals surface area contributed by atoms with Crippen LogP contribution in [0.2, 0.25) is 0 Å². The normalized spacial score (nSPS) is 26.9. The Morgan fingerprint density at radius 3 is 2.51 bits per heavy atom. The molecule has 3 saturated heterocycles. The fourth-order valence-corrected chi connectivity index (χ4v) is 6.50. The second-order valence-corrected chi connectivity index (χ2v) is 11.1. The summed E-state index contributed by atoms with van der Waals surface area (Å²) in [6, 6.07) is 9.96. The Labute approximate surface area is 208 Å². The van der Waals surface area contributed by atoms with Gasteiger partial charge < -0.3 is 15.1 Å². The van der Waals surface area contributed by atoms with Gasteiger partial charge in [-0.05, 0) is 59.1 Å². The Bertz CT molecular complexity index is 1070. The van der Waals surface area contributed by atoms with Gasteiger partial charge >= 0.3 is 0 Å². The molecule has 5 rings (SSSR count). The van der Waals surface area contributed by atoms with Crippen molar-refractivity contribution in [2.45, 2.75) is 83.1 Å². The third-order valence-electron chi connectivity index (χ3n) is 8.48. The summed E-state index contributed by atoms with van der Waals surface area (Å²) in [7, 11) is 2.20. The third kappa shape index (κ3) is 4.83. The van der Waals surface area contributed by atoms with E-state index in [4.69, 9.17) is 0 Å². The smallest absolute Gasteiger partial charge is 0.272 e. The highest BCUT2D eigenvalue weighted by molar-refractivity contribution is 6.05. The van der Waals surface area contributed by atoms with Crippen LogP contribution in [0.5, 0.6) is 0 Å². The van der Waals surface area contributed by atoms with E-state index in [1.165, 1.54) is 12.8 Å². The van der Waals surface area contributed by atoms with Crippen molar-refractivity contribution < 1.29 is 9.59 Å². The van der Waals surface area contributed by atoms with E-state index in [9.17, 15) is 9.59 Å². The molecule has 1 aromatic heterocycles. The van der Waals surface area contributed by atoms with Crippen molar-refractivity contribution in [2.75, 3.05) is 33.2 Å². The number of piperidine rings is 1. The van der Waals surface area contributed by atoms with Gasteiger partial charge in [0.05, 0.1) is 5.52 Å². The molecule has 8 nitrogen and oxygen atoms in total. The minimum atomic E-state index is -0.0468. The van der Waals surface area contributed by atoms with Crippen molar-refractivity contribution in [2.24, 2.45) is 0 Å². The monoisotopic (exact) mass is 480 g/mol. The van der Waals surface area contributed by atoms with E-state index in [2.05, 4.69) is 41.1 Å². The number of nitrogens with zero attached hydrogens (tertiary/aromatic N) is 5. The van der Waals surface area contributed by atoms with Crippen molar-refractivity contribution in [1.82, 2.24) is 29.8 Å². The summed E-state index contributed by atoms with van der Waals surface area (Å²) in [5, 5.41) is 8.95. The van der Waals surface area contributed by atoms with Crippen molar-refractivity contribution in [3.63, 3.8) is 0 Å². The average Bonchev–Trinajstić information content (AvgIpc) is 3.52. The van der Waals surface area contributed by atoms with Crippen molar-refractivity contribution in [3.8, 4) is 0 Å². The molecular weight excluding hydrogens is 440 g/mol. The second kappa shape index (κ2) is 9.90. The Balaban J connectivity index is 1.17. The number of nitrogens with one attached hydrogen (secondary N) is 1. The Hall–Kier alpha value is -2.45. The van der Waals surface area contributed by atoms with Crippen molar-refractivity contribution in [3.05, 3.63) is 30.0 Å². The number of carbonyl (C=O) groups excluding carboxylic acids is 2. The molecule has 8 heteroatoms. The Morgan fingerprint density at radius 2 is 1.86 bits per heavy atom. The second-order valence-electron chi connectivity index (χ2n) is 11.1. The molecule has 35 heavy (non-hydrogen) atoms. The molecule has 0 radical (unpaired) electrons. The van der Waals surface area contributed by atoms with Crippen molar-refractivity contribution >= 4 is 22.7 Å². The molecule has 2 unspecified atom stereocenters. The van der Waals surface area contributed by atoms with Crippen LogP contribution >= 0.6 is 0 Å². The van der Waals surface area contributed by atoms with Gasteiger partial charge in [-0.25, -0.2) is 0 Å². The molecule has 2 amide bonds. The lowest BCUT2D eigenvalue weighted by Crippen LogP contribution is -2.52. The van der Waals surface area contributed by atoms with Crippen LogP contribution in [0.3, 0.4) is 0 Å². The SMILES string of the molecule is CC(=O)N1CCC(N(C)CCN2[C@@H]3CC[C@H]2CC(NC(=O)c2nn(C(C)C)c4ccccc24)C3)C1. The lowest BCUT2D eigenvalue weighted by molar-refractivity contribution is -0.127. The first-order chi connectivity index (χ1) is 16.8. The molecule has 2 aromatic rings. The summed E-state index contributed by atoms with van der Waals surface area (Å²) >= 11 is 0. The molecule has 1 aromatic carbocycles. The van der Waals surface area contributed by atoms with Crippen LogP contribution in [0, 0.1) is 0 Å². The van der Waals surface area contributed by atoms with Crippen LogP contribution in [0.4, 0.5) is 0 Å². The highest BCUT2D eigenvalue weighted by Crippen LogP contribution is 2.36. The number of hydrogen-bond donors (Lipinski definition) is 1. The average molecular weight is 481 g/mol. The first kappa shape index (κ1) is 24.3. The fraction of sp³-hybridized carbons (Fsp3) is 0.667. The quantitative estimate of drug-likeness (QED) is 0.660. The van der Waals surface area contributed by atoms with E-state index in [-0.39, 0.29) is 23.9 Å². The molecule has 3 aliphatic rings. The van der Waals surface area contributed by atoms with Crippen LogP contribution in [0.1, 0.15) is 69.4 Å². The number of fused-ring (bicyclic) bond motifs is 3. The Kier molecular flexibility index (Phi) is 6.86. The summed E-state index contributed by atoms with van der Waals surface area (Å²) in [6.45, 7) is 9.68. The minimum absolute atomic E-state index is 0.0468. The molecule has 0 aliphatic carbocycles. The lowest BCUT2D eigenvalue weighted by atomic mass is 9.97. The van der Waals surface area contributed by atoms with Crippen LogP contribution in [0.25, 0.3) is 10.9 Å². The maximum atomic E-state index is 13.3. The molecule has 0 saturated carbocycles. The van der Waals surface area contributed by atoms with Crippen LogP contribution in [-0.2, 0) is 4.79 Å². The van der Waals surface area contributed by atoms with Crippen LogP contribution in [-0.4, -0.2) is 93.7 Å². The summed E-state index contributed by atoms with van der Waals surface area (Å²) < 4.78 is 1.95. The summed E-state index contributed by atoms with van der Waals surface area (Å²) in [5.41, 5.74) is 1.56. The molecule has 0 spiro atoms. The number of benzene rings is 1. The number of amides is 2. The zero-order chi connectivity index (χ0) is 24.7. The molecule has 3 fully saturated rings. The predicted molar refractivity (Wildman–Crippen MR) is 137 cm³/mol. The maximum Gasteiger partial charge on any atom is 0.272 e. The van der Waals surface area contributed by atoms with Crippen LogP contribution < -0.4 is 5.32 Å². The molecular formula is C27H40N6O2. The first-order valence-corrected chi connectivity index (χ1v) is 13.3. The van der Waals surface area contributed by atoms with E-state index in [0.717, 1.165) is 56.3 Å². The topological polar surface area (TPSA) is 73.7 Å². The standard InChI is InChI=1S/C27H40N6O2/c1-18(2)33-25-8-6-5-7-24(25)26(29-33)27(35)28-20-15-21-9-10-22(16-20)32(21)14-13-30(4)23-11-12-31(17-23)19(3)34/h5-8,18,20-23H,9-17H2,1-4H3,(H,28,35)/t20?,21-,22+,23?. The van der Waals surface area contributed by atoms with Gasteiger partial charge in [0, 0.05) is 68.7 Å². The molecule has 2 bridgehead atoms. The van der Waals surface area contributed by atoms with Gasteiger partial charge in [-0.15, -0.1) is 0 Å². The zero-order valence-corrected chi connectivity index (χ0v) is 21.6. The molecule has 1 N–H and O–H groups in total. The summed E-state index contributed by atoms with van der Waals surface area (Å²) in [4.78, 5) is 32.0. The van der Waals surface area contributed by atoms with Gasteiger partial charge in [0.1, 0.15) is 0 Å². The number of aromatic nitrogens is 2. The van der Waals surface area contributed by atoms with Gasteiger partial charge in [-0.1, -0.05) is 18.2 Å². The molecule has 4 atom stereocenters. The van der Waals surface area contributed by atoms with E-state index < -0.39 is 0 Å². The van der Waals surface area contributed by atoms with Gasteiger partial charge in [0.25, 0.3) is 5.91 Å². The van der Waals surface area contributed by atoms with Crippen LogP contribution in [0.15, 0.2) is 24.3 Å². The number of carbonyl (C=O) groups is 2. The number of rotatable bonds is 7. The highest BCUT2D eigenvalue weighted by Gasteiger charge is 2.41. The van der Waals surface area contributed by atoms with Gasteiger partial charge in [0.15, 0.2) is 5.69 Å². The van der Waals surface area contributed by atoms with Crippen molar-refractivity contribution in [1.29, 1.82) is 0 Å². The predicted octanol–water partition coefficient (Wildman–Crippen LogP) is 2.90. The molecule has 4 heterocycles. The minimum Gasteiger partial charge on any atom is -0.348 e. The summed E-state index contributed by atoms with van der Waals surface area (Å²) in [6.07, 6.45) is 5.52. The first-order valence-electron chi connectivity index (χ1n) is 13.3. The van der Waals surface area contributed by atoms with Gasteiger partial charge in [-0.2, -0.15) is 5.10 Å². The Morgan fingerprint density at radius 1 is 1.14 bits per heavy atom. The number of para-hydroxylation sites is 1. The van der Waals surface area contributed by atoms with E-state index in [0.29, 0.717) is 23.8 Å². The number of likely N-dealkylation sites (N-methyl/N-ethyl adjacent to an activating group) is 1. The van der Waals surface area contributed by atoms with Gasteiger partial charge in [0.2, 0.25) is 5.91 Å². The lowest BCUT2D eigenvalue weighted by Gasteiger charge is -2.40. The molecule has 3 aliphatic heterocycles. The van der Waals surface area contributed by atoms with E-state index >= 15 is 0 Å². The number of hydrogen-bond acceptors (Lipinski definition) is 5. The largest absolute Gasteiger partial charge is 0.348 e. The van der Waals surface area contributed by atoms with E-state index in [1.807, 2.05) is 33.8 Å². The van der Waals surface area contributed by atoms with E-state index in [1.54, 1.807) is 6.92 Å². The maximum absolute atomic E-state index is 13.3. The third-order valence-corrected chi connectivity index (χ3v) is 8.48. The fourth-order valence-electron chi connectivity index (χ4n) is 6.50. The van der Waals surface area contributed by atoms with Gasteiger partial charge in [-0.3, -0.25) is 19.2 Å². The number of likely N-dealkylation sites (tertiary alicyclic amines) is 1.